The highest BCUT2D eigenvalue weighted by molar-refractivity contribution is 5.86. The first-order valence-corrected chi connectivity index (χ1v) is 5.22. The Bertz CT molecular complexity index is 252. The summed E-state index contributed by atoms with van der Waals surface area (Å²) in [6.07, 6.45) is 0.938. The average molecular weight is 229 g/mol. The first-order chi connectivity index (χ1) is 7.52. The Kier molecular flexibility index (Phi) is 7.20. The fraction of sp³-hybridized carbons (Fsp3) is 0.636. The van der Waals surface area contributed by atoms with Crippen LogP contribution in [0.5, 0.6) is 0 Å². The highest BCUT2D eigenvalue weighted by Gasteiger charge is 2.20. The maximum Gasteiger partial charge on any atom is 0.328 e. The van der Waals surface area contributed by atoms with Crippen molar-refractivity contribution in [3.05, 3.63) is 12.7 Å². The molecule has 0 rings (SSSR count). The maximum absolute atomic E-state index is 11.5. The molecule has 0 saturated carbocycles. The number of amides is 1. The van der Waals surface area contributed by atoms with Crippen LogP contribution in [-0.2, 0) is 19.1 Å². The van der Waals surface area contributed by atoms with Crippen LogP contribution in [0.25, 0.3) is 0 Å². The molecule has 5 nitrogen and oxygen atoms in total. The van der Waals surface area contributed by atoms with Crippen LogP contribution < -0.4 is 5.32 Å². The summed E-state index contributed by atoms with van der Waals surface area (Å²) >= 11 is 0. The first kappa shape index (κ1) is 14.6. The minimum absolute atomic E-state index is 0.293. The summed E-state index contributed by atoms with van der Waals surface area (Å²) in [6.45, 7) is 8.95. The smallest absolute Gasteiger partial charge is 0.328 e. The molecule has 0 radical (unpaired) electrons. The standard InChI is InChI=1S/C11H19NO4/c1-5-7-16-9(4)10(13)12-8(3)11(14)15-6-2/h5,8-9H,1,6-7H2,2-4H3,(H,12,13)/t8-,9-/m1/s1. The van der Waals surface area contributed by atoms with Crippen molar-refractivity contribution < 1.29 is 19.1 Å². The van der Waals surface area contributed by atoms with Crippen LogP contribution >= 0.6 is 0 Å². The summed E-state index contributed by atoms with van der Waals surface area (Å²) < 4.78 is 9.87. The fourth-order valence-electron chi connectivity index (χ4n) is 0.945. The molecule has 16 heavy (non-hydrogen) atoms. The monoisotopic (exact) mass is 229 g/mol. The molecule has 0 unspecified atom stereocenters. The lowest BCUT2D eigenvalue weighted by atomic mass is 10.3. The Balaban J connectivity index is 4.02. The second-order valence-electron chi connectivity index (χ2n) is 3.25. The zero-order valence-electron chi connectivity index (χ0n) is 9.99. The molecule has 1 amide bonds. The van der Waals surface area contributed by atoms with Crippen LogP contribution in [0.2, 0.25) is 0 Å². The normalized spacial score (nSPS) is 13.7. The van der Waals surface area contributed by atoms with Crippen molar-refractivity contribution in [1.29, 1.82) is 0 Å². The van der Waals surface area contributed by atoms with Gasteiger partial charge in [-0.3, -0.25) is 4.79 Å². The zero-order chi connectivity index (χ0) is 12.6. The molecule has 2 atom stereocenters. The predicted octanol–water partition coefficient (Wildman–Crippen LogP) is 0.645. The largest absolute Gasteiger partial charge is 0.464 e. The molecule has 0 aliphatic heterocycles. The number of carbonyl (C=O) groups excluding carboxylic acids is 2. The van der Waals surface area contributed by atoms with E-state index in [2.05, 4.69) is 11.9 Å². The third-order valence-corrected chi connectivity index (χ3v) is 1.83. The number of esters is 1. The molecular weight excluding hydrogens is 210 g/mol. The van der Waals surface area contributed by atoms with E-state index in [0.717, 1.165) is 0 Å². The Labute approximate surface area is 95.8 Å². The molecule has 0 aromatic carbocycles. The molecule has 0 heterocycles. The van der Waals surface area contributed by atoms with E-state index >= 15 is 0 Å². The van der Waals surface area contributed by atoms with Gasteiger partial charge in [0, 0.05) is 0 Å². The highest BCUT2D eigenvalue weighted by atomic mass is 16.5. The SMILES string of the molecule is C=CCO[C@H](C)C(=O)N[C@H](C)C(=O)OCC. The number of hydrogen-bond acceptors (Lipinski definition) is 4. The quantitative estimate of drug-likeness (QED) is 0.514. The van der Waals surface area contributed by atoms with Crippen LogP contribution in [-0.4, -0.2) is 37.2 Å². The van der Waals surface area contributed by atoms with Crippen LogP contribution in [0.15, 0.2) is 12.7 Å². The van der Waals surface area contributed by atoms with Crippen molar-refractivity contribution in [3.63, 3.8) is 0 Å². The van der Waals surface area contributed by atoms with Crippen LogP contribution in [0, 0.1) is 0 Å². The predicted molar refractivity (Wildman–Crippen MR) is 59.8 cm³/mol. The van der Waals surface area contributed by atoms with E-state index in [0.29, 0.717) is 13.2 Å². The van der Waals surface area contributed by atoms with E-state index in [1.54, 1.807) is 26.8 Å². The van der Waals surface area contributed by atoms with Gasteiger partial charge in [0.25, 0.3) is 0 Å². The minimum atomic E-state index is -0.665. The van der Waals surface area contributed by atoms with E-state index in [-0.39, 0.29) is 5.91 Å². The summed E-state index contributed by atoms with van der Waals surface area (Å²) in [6, 6.07) is -0.665. The molecule has 0 aromatic heterocycles. The van der Waals surface area contributed by atoms with Gasteiger partial charge in [0.1, 0.15) is 12.1 Å². The van der Waals surface area contributed by atoms with Gasteiger partial charge >= 0.3 is 5.97 Å². The Morgan fingerprint density at radius 1 is 1.44 bits per heavy atom. The summed E-state index contributed by atoms with van der Waals surface area (Å²) in [5, 5.41) is 2.50. The van der Waals surface area contributed by atoms with Crippen LogP contribution in [0.1, 0.15) is 20.8 Å². The van der Waals surface area contributed by atoms with Crippen molar-refractivity contribution in [1.82, 2.24) is 5.32 Å². The van der Waals surface area contributed by atoms with Crippen molar-refractivity contribution in [2.24, 2.45) is 0 Å². The second kappa shape index (κ2) is 7.87. The third kappa shape index (κ3) is 5.50. The molecule has 5 heteroatoms. The van der Waals surface area contributed by atoms with Gasteiger partial charge in [0.05, 0.1) is 13.2 Å². The Morgan fingerprint density at radius 2 is 2.06 bits per heavy atom. The second-order valence-corrected chi connectivity index (χ2v) is 3.25. The van der Waals surface area contributed by atoms with Gasteiger partial charge < -0.3 is 14.8 Å². The van der Waals surface area contributed by atoms with Crippen LogP contribution in [0.3, 0.4) is 0 Å². The summed E-state index contributed by atoms with van der Waals surface area (Å²) in [5.41, 5.74) is 0. The van der Waals surface area contributed by atoms with E-state index in [1.807, 2.05) is 0 Å². The summed E-state index contributed by atoms with van der Waals surface area (Å²) in [4.78, 5) is 22.7. The first-order valence-electron chi connectivity index (χ1n) is 5.22. The minimum Gasteiger partial charge on any atom is -0.464 e. The molecule has 0 fully saturated rings. The van der Waals surface area contributed by atoms with Gasteiger partial charge in [-0.2, -0.15) is 0 Å². The van der Waals surface area contributed by atoms with Gasteiger partial charge in [0.2, 0.25) is 5.91 Å². The number of hydrogen-bond donors (Lipinski definition) is 1. The molecule has 0 aliphatic rings. The van der Waals surface area contributed by atoms with Gasteiger partial charge in [-0.05, 0) is 20.8 Å². The molecule has 0 saturated heterocycles. The summed E-state index contributed by atoms with van der Waals surface area (Å²) in [5.74, 6) is -0.797. The van der Waals surface area contributed by atoms with Crippen molar-refractivity contribution in [2.75, 3.05) is 13.2 Å². The van der Waals surface area contributed by atoms with E-state index in [4.69, 9.17) is 9.47 Å². The van der Waals surface area contributed by atoms with Crippen molar-refractivity contribution >= 4 is 11.9 Å². The van der Waals surface area contributed by atoms with Gasteiger partial charge in [-0.1, -0.05) is 6.08 Å². The van der Waals surface area contributed by atoms with Crippen molar-refractivity contribution in [3.8, 4) is 0 Å². The van der Waals surface area contributed by atoms with Crippen molar-refractivity contribution in [2.45, 2.75) is 32.9 Å². The number of nitrogens with one attached hydrogen (secondary N) is 1. The summed E-state index contributed by atoms with van der Waals surface area (Å²) in [7, 11) is 0. The molecule has 0 aromatic rings. The maximum atomic E-state index is 11.5. The molecule has 0 spiro atoms. The van der Waals surface area contributed by atoms with E-state index in [9.17, 15) is 9.59 Å². The van der Waals surface area contributed by atoms with E-state index in [1.165, 1.54) is 0 Å². The fourth-order valence-corrected chi connectivity index (χ4v) is 0.945. The number of carbonyl (C=O) groups is 2. The highest BCUT2D eigenvalue weighted by Crippen LogP contribution is 1.94. The molecular formula is C11H19NO4. The van der Waals surface area contributed by atoms with Crippen LogP contribution in [0.4, 0.5) is 0 Å². The molecule has 0 aliphatic carbocycles. The molecule has 92 valence electrons. The topological polar surface area (TPSA) is 64.6 Å². The molecule has 1 N–H and O–H groups in total. The van der Waals surface area contributed by atoms with Gasteiger partial charge in [0.15, 0.2) is 0 Å². The lowest BCUT2D eigenvalue weighted by Gasteiger charge is -2.16. The average Bonchev–Trinajstić information content (AvgIpc) is 2.25. The van der Waals surface area contributed by atoms with E-state index < -0.39 is 18.1 Å². The Hall–Kier alpha value is -1.36. The lowest BCUT2D eigenvalue weighted by Crippen LogP contribution is -2.44. The van der Waals surface area contributed by atoms with Gasteiger partial charge in [-0.25, -0.2) is 4.79 Å². The number of rotatable bonds is 7. The molecule has 0 bridgehead atoms. The lowest BCUT2D eigenvalue weighted by molar-refractivity contribution is -0.148. The number of ether oxygens (including phenoxy) is 2. The Morgan fingerprint density at radius 3 is 2.56 bits per heavy atom. The van der Waals surface area contributed by atoms with Gasteiger partial charge in [-0.15, -0.1) is 6.58 Å². The third-order valence-electron chi connectivity index (χ3n) is 1.83. The zero-order valence-corrected chi connectivity index (χ0v) is 9.99.